The van der Waals surface area contributed by atoms with Crippen molar-refractivity contribution in [3.05, 3.63) is 34.2 Å². The van der Waals surface area contributed by atoms with Crippen molar-refractivity contribution >= 4 is 15.9 Å². The van der Waals surface area contributed by atoms with E-state index in [4.69, 9.17) is 4.74 Å². The standard InChI is InChI=1S/C13H15BrN2O/c1-4-9-7-10(5-6-11(9)17-3)12-13(14)16-8(2)15-12/h5-7H,4H2,1-3H3,(H,15,16). The fraction of sp³-hybridized carbons (Fsp3) is 0.308. The molecule has 0 aliphatic rings. The van der Waals surface area contributed by atoms with Crippen molar-refractivity contribution in [1.29, 1.82) is 0 Å². The number of aromatic nitrogens is 2. The number of hydrogen-bond acceptors (Lipinski definition) is 2. The van der Waals surface area contributed by atoms with E-state index in [1.54, 1.807) is 7.11 Å². The molecule has 0 atom stereocenters. The summed E-state index contributed by atoms with van der Waals surface area (Å²) in [6.07, 6.45) is 0.942. The molecule has 0 aliphatic carbocycles. The first-order valence-corrected chi connectivity index (χ1v) is 6.34. The van der Waals surface area contributed by atoms with Gasteiger partial charge < -0.3 is 9.72 Å². The van der Waals surface area contributed by atoms with E-state index in [1.807, 2.05) is 19.1 Å². The van der Waals surface area contributed by atoms with Crippen LogP contribution in [-0.4, -0.2) is 17.1 Å². The maximum atomic E-state index is 5.32. The van der Waals surface area contributed by atoms with Crippen LogP contribution in [0.1, 0.15) is 18.3 Å². The van der Waals surface area contributed by atoms with Gasteiger partial charge in [-0.1, -0.05) is 6.92 Å². The first kappa shape index (κ1) is 12.2. The maximum absolute atomic E-state index is 5.32. The van der Waals surface area contributed by atoms with Gasteiger partial charge >= 0.3 is 0 Å². The van der Waals surface area contributed by atoms with Crippen molar-refractivity contribution in [1.82, 2.24) is 9.97 Å². The maximum Gasteiger partial charge on any atom is 0.122 e. The summed E-state index contributed by atoms with van der Waals surface area (Å²) in [5, 5.41) is 0. The Labute approximate surface area is 109 Å². The molecule has 0 spiro atoms. The summed E-state index contributed by atoms with van der Waals surface area (Å²) in [5.41, 5.74) is 3.23. The van der Waals surface area contributed by atoms with Crippen LogP contribution in [0.25, 0.3) is 11.3 Å². The summed E-state index contributed by atoms with van der Waals surface area (Å²) in [6.45, 7) is 4.06. The highest BCUT2D eigenvalue weighted by atomic mass is 79.9. The predicted octanol–water partition coefficient (Wildman–Crippen LogP) is 3.72. The second kappa shape index (κ2) is 4.92. The van der Waals surface area contributed by atoms with Crippen molar-refractivity contribution in [2.24, 2.45) is 0 Å². The van der Waals surface area contributed by atoms with Crippen molar-refractivity contribution in [3.8, 4) is 17.0 Å². The van der Waals surface area contributed by atoms with Crippen LogP contribution in [0.4, 0.5) is 0 Å². The van der Waals surface area contributed by atoms with E-state index < -0.39 is 0 Å². The Morgan fingerprint density at radius 2 is 2.18 bits per heavy atom. The molecule has 0 aliphatic heterocycles. The zero-order valence-electron chi connectivity index (χ0n) is 10.2. The molecule has 1 heterocycles. The third kappa shape index (κ3) is 2.36. The average molecular weight is 295 g/mol. The molecule has 1 aromatic carbocycles. The molecule has 0 bridgehead atoms. The van der Waals surface area contributed by atoms with Gasteiger partial charge in [-0.05, 0) is 53.0 Å². The number of halogens is 1. The number of ether oxygens (including phenoxy) is 1. The normalized spacial score (nSPS) is 10.6. The van der Waals surface area contributed by atoms with Gasteiger partial charge in [0.15, 0.2) is 0 Å². The number of rotatable bonds is 3. The Morgan fingerprint density at radius 3 is 2.71 bits per heavy atom. The average Bonchev–Trinajstić information content (AvgIpc) is 2.67. The quantitative estimate of drug-likeness (QED) is 0.937. The first-order chi connectivity index (χ1) is 8.15. The van der Waals surface area contributed by atoms with Crippen LogP contribution in [0.3, 0.4) is 0 Å². The fourth-order valence-corrected chi connectivity index (χ4v) is 2.46. The molecule has 0 radical (unpaired) electrons. The molecule has 0 saturated heterocycles. The topological polar surface area (TPSA) is 37.9 Å². The van der Waals surface area contributed by atoms with Gasteiger partial charge in [0, 0.05) is 5.56 Å². The van der Waals surface area contributed by atoms with Gasteiger partial charge in [0.1, 0.15) is 21.9 Å². The summed E-state index contributed by atoms with van der Waals surface area (Å²) < 4.78 is 6.24. The Morgan fingerprint density at radius 1 is 1.41 bits per heavy atom. The summed E-state index contributed by atoms with van der Waals surface area (Å²) >= 11 is 3.49. The second-order valence-electron chi connectivity index (χ2n) is 3.86. The van der Waals surface area contributed by atoms with E-state index in [0.717, 1.165) is 33.9 Å². The van der Waals surface area contributed by atoms with Crippen molar-refractivity contribution in [2.45, 2.75) is 20.3 Å². The molecule has 1 N–H and O–H groups in total. The van der Waals surface area contributed by atoms with Crippen LogP contribution in [0, 0.1) is 6.92 Å². The lowest BCUT2D eigenvalue weighted by Gasteiger charge is -2.08. The first-order valence-electron chi connectivity index (χ1n) is 5.55. The van der Waals surface area contributed by atoms with Gasteiger partial charge in [0.2, 0.25) is 0 Å². The summed E-state index contributed by atoms with van der Waals surface area (Å²) in [6, 6.07) is 6.14. The zero-order valence-corrected chi connectivity index (χ0v) is 11.8. The molecule has 1 aromatic heterocycles. The molecule has 0 saturated carbocycles. The van der Waals surface area contributed by atoms with Crippen LogP contribution in [0.15, 0.2) is 22.8 Å². The van der Waals surface area contributed by atoms with Gasteiger partial charge in [0.05, 0.1) is 7.11 Å². The van der Waals surface area contributed by atoms with Crippen LogP contribution in [0.2, 0.25) is 0 Å². The number of nitrogens with one attached hydrogen (secondary N) is 1. The molecule has 90 valence electrons. The number of aryl methyl sites for hydroxylation is 2. The Kier molecular flexibility index (Phi) is 3.52. The molecular formula is C13H15BrN2O. The van der Waals surface area contributed by atoms with E-state index in [-0.39, 0.29) is 0 Å². The lowest BCUT2D eigenvalue weighted by Crippen LogP contribution is -1.91. The summed E-state index contributed by atoms with van der Waals surface area (Å²) in [7, 11) is 1.70. The Balaban J connectivity index is 2.50. The van der Waals surface area contributed by atoms with E-state index >= 15 is 0 Å². The van der Waals surface area contributed by atoms with Crippen LogP contribution >= 0.6 is 15.9 Å². The van der Waals surface area contributed by atoms with E-state index in [9.17, 15) is 0 Å². The minimum atomic E-state index is 0.903. The highest BCUT2D eigenvalue weighted by Gasteiger charge is 2.10. The molecule has 4 heteroatoms. The number of H-pyrrole nitrogens is 1. The molecule has 0 unspecified atom stereocenters. The molecule has 2 rings (SSSR count). The minimum absolute atomic E-state index is 0.903. The number of methoxy groups -OCH3 is 1. The van der Waals surface area contributed by atoms with Gasteiger partial charge in [-0.25, -0.2) is 4.98 Å². The van der Waals surface area contributed by atoms with Crippen molar-refractivity contribution in [2.75, 3.05) is 7.11 Å². The van der Waals surface area contributed by atoms with Crippen molar-refractivity contribution in [3.63, 3.8) is 0 Å². The monoisotopic (exact) mass is 294 g/mol. The second-order valence-corrected chi connectivity index (χ2v) is 4.66. The van der Waals surface area contributed by atoms with Gasteiger partial charge in [-0.15, -0.1) is 0 Å². The molecule has 3 nitrogen and oxygen atoms in total. The highest BCUT2D eigenvalue weighted by Crippen LogP contribution is 2.30. The highest BCUT2D eigenvalue weighted by molar-refractivity contribution is 9.10. The number of nitrogens with zero attached hydrogens (tertiary/aromatic N) is 1. The van der Waals surface area contributed by atoms with Gasteiger partial charge in [-0.2, -0.15) is 0 Å². The Bertz CT molecular complexity index is 534. The van der Waals surface area contributed by atoms with Crippen molar-refractivity contribution < 1.29 is 4.74 Å². The van der Waals surface area contributed by atoms with E-state index in [2.05, 4.69) is 38.9 Å². The summed E-state index contributed by atoms with van der Waals surface area (Å²) in [5.74, 6) is 1.83. The third-order valence-corrected chi connectivity index (χ3v) is 3.29. The number of imidazole rings is 1. The lowest BCUT2D eigenvalue weighted by atomic mass is 10.1. The number of benzene rings is 1. The lowest BCUT2D eigenvalue weighted by molar-refractivity contribution is 0.410. The predicted molar refractivity (Wildman–Crippen MR) is 72.4 cm³/mol. The largest absolute Gasteiger partial charge is 0.496 e. The van der Waals surface area contributed by atoms with Gasteiger partial charge in [-0.3, -0.25) is 0 Å². The molecule has 17 heavy (non-hydrogen) atoms. The van der Waals surface area contributed by atoms with E-state index in [0.29, 0.717) is 0 Å². The molecular weight excluding hydrogens is 280 g/mol. The minimum Gasteiger partial charge on any atom is -0.496 e. The van der Waals surface area contributed by atoms with Crippen LogP contribution in [-0.2, 0) is 6.42 Å². The Hall–Kier alpha value is -1.29. The fourth-order valence-electron chi connectivity index (χ4n) is 1.86. The van der Waals surface area contributed by atoms with E-state index in [1.165, 1.54) is 5.56 Å². The molecule has 2 aromatic rings. The smallest absolute Gasteiger partial charge is 0.122 e. The molecule has 0 amide bonds. The van der Waals surface area contributed by atoms with Crippen LogP contribution < -0.4 is 4.74 Å². The molecule has 0 fully saturated rings. The SMILES string of the molecule is CCc1cc(-c2nc(C)[nH]c2Br)ccc1OC. The number of hydrogen-bond donors (Lipinski definition) is 1. The summed E-state index contributed by atoms with van der Waals surface area (Å²) in [4.78, 5) is 7.61. The van der Waals surface area contributed by atoms with Gasteiger partial charge in [0.25, 0.3) is 0 Å². The van der Waals surface area contributed by atoms with Crippen LogP contribution in [0.5, 0.6) is 5.75 Å². The zero-order chi connectivity index (χ0) is 12.4. The number of aromatic amines is 1. The third-order valence-electron chi connectivity index (χ3n) is 2.71.